The third kappa shape index (κ3) is 5.09. The van der Waals surface area contributed by atoms with Crippen molar-refractivity contribution in [2.24, 2.45) is 11.8 Å². The Hall–Kier alpha value is -2.70. The summed E-state index contributed by atoms with van der Waals surface area (Å²) in [6.07, 6.45) is 6.56. The maximum absolute atomic E-state index is 13.7. The third-order valence-electron chi connectivity index (χ3n) is 10.9. The fraction of sp³-hybridized carbons (Fsp3) is 0.588. The van der Waals surface area contributed by atoms with Gasteiger partial charge in [0.25, 0.3) is 0 Å². The molecule has 214 valence electrons. The van der Waals surface area contributed by atoms with E-state index in [0.717, 1.165) is 25.7 Å². The zero-order chi connectivity index (χ0) is 28.0. The Kier molecular flexibility index (Phi) is 7.75. The summed E-state index contributed by atoms with van der Waals surface area (Å²) in [7, 11) is 4.38. The van der Waals surface area contributed by atoms with Gasteiger partial charge in [-0.1, -0.05) is 59.7 Å². The van der Waals surface area contributed by atoms with Crippen LogP contribution < -0.4 is 10.6 Å². The van der Waals surface area contributed by atoms with Crippen molar-refractivity contribution >= 4 is 11.8 Å². The molecule has 4 saturated heterocycles. The first-order valence-corrected chi connectivity index (χ1v) is 15.4. The Morgan fingerprint density at radius 1 is 0.650 bits per heavy atom. The van der Waals surface area contributed by atoms with Crippen molar-refractivity contribution in [3.8, 4) is 0 Å². The Morgan fingerprint density at radius 2 is 1.02 bits per heavy atom. The predicted octanol–water partition coefficient (Wildman–Crippen LogP) is 4.37. The van der Waals surface area contributed by atoms with Gasteiger partial charge in [-0.3, -0.25) is 19.4 Å². The number of hydrogen-bond acceptors (Lipinski definition) is 4. The molecule has 6 heteroatoms. The topological polar surface area (TPSA) is 64.7 Å². The van der Waals surface area contributed by atoms with Crippen molar-refractivity contribution in [1.82, 2.24) is 20.4 Å². The fourth-order valence-corrected chi connectivity index (χ4v) is 8.57. The first-order chi connectivity index (χ1) is 19.3. The minimum atomic E-state index is -0.0597. The zero-order valence-electron chi connectivity index (χ0n) is 24.6. The Bertz CT molecular complexity index is 1120. The quantitative estimate of drug-likeness (QED) is 0.510. The molecule has 0 spiro atoms. The second kappa shape index (κ2) is 11.3. The predicted molar refractivity (Wildman–Crippen MR) is 159 cm³/mol. The summed E-state index contributed by atoms with van der Waals surface area (Å²) in [5.41, 5.74) is 5.06. The second-order valence-electron chi connectivity index (χ2n) is 13.1. The molecule has 0 aromatic heterocycles. The minimum absolute atomic E-state index is 0.0597. The molecule has 2 N–H and O–H groups in total. The highest BCUT2D eigenvalue weighted by Gasteiger charge is 2.50. The van der Waals surface area contributed by atoms with Gasteiger partial charge in [-0.15, -0.1) is 0 Å². The van der Waals surface area contributed by atoms with Gasteiger partial charge in [0, 0.05) is 37.3 Å². The van der Waals surface area contributed by atoms with Crippen LogP contribution in [0.15, 0.2) is 48.5 Å². The van der Waals surface area contributed by atoms with Crippen LogP contribution in [0.3, 0.4) is 0 Å². The van der Waals surface area contributed by atoms with Crippen LogP contribution in [0.25, 0.3) is 0 Å². The summed E-state index contributed by atoms with van der Waals surface area (Å²) in [5, 5.41) is 6.45. The van der Waals surface area contributed by atoms with Crippen LogP contribution in [0.1, 0.15) is 72.6 Å². The highest BCUT2D eigenvalue weighted by molar-refractivity contribution is 5.82. The monoisotopic (exact) mass is 542 g/mol. The molecule has 2 aromatic rings. The largest absolute Gasteiger partial charge is 0.354 e. The average Bonchev–Trinajstić information content (AvgIpc) is 3.31. The molecule has 40 heavy (non-hydrogen) atoms. The first kappa shape index (κ1) is 27.5. The van der Waals surface area contributed by atoms with Gasteiger partial charge in [0.2, 0.25) is 11.8 Å². The molecular weight excluding hydrogens is 496 g/mol. The molecule has 6 rings (SSSR count). The van der Waals surface area contributed by atoms with Crippen molar-refractivity contribution in [2.75, 3.05) is 27.2 Å². The summed E-state index contributed by atoms with van der Waals surface area (Å²) in [5.74, 6) is 0.627. The number of rotatable bonds is 7. The Morgan fingerprint density at radius 3 is 1.40 bits per heavy atom. The summed E-state index contributed by atoms with van der Waals surface area (Å²) in [6.45, 7) is 5.15. The number of fused-ring (bicyclic) bond motifs is 4. The van der Waals surface area contributed by atoms with E-state index < -0.39 is 0 Å². The summed E-state index contributed by atoms with van der Waals surface area (Å²) >= 11 is 0. The normalized spacial score (nSPS) is 33.6. The molecule has 2 aromatic carbocycles. The fourth-order valence-electron chi connectivity index (χ4n) is 8.57. The number of nitrogens with zero attached hydrogens (tertiary/aromatic N) is 2. The van der Waals surface area contributed by atoms with E-state index in [-0.39, 0.29) is 47.6 Å². The smallest absolute Gasteiger partial charge is 0.225 e. The van der Waals surface area contributed by atoms with Crippen molar-refractivity contribution in [3.05, 3.63) is 70.8 Å². The lowest BCUT2D eigenvalue weighted by molar-refractivity contribution is -0.131. The van der Waals surface area contributed by atoms with E-state index in [1.165, 1.54) is 35.1 Å². The van der Waals surface area contributed by atoms with Crippen LogP contribution in [0.4, 0.5) is 0 Å². The summed E-state index contributed by atoms with van der Waals surface area (Å²) in [6, 6.07) is 19.2. The van der Waals surface area contributed by atoms with Crippen LogP contribution in [-0.2, 0) is 9.59 Å². The molecule has 0 radical (unpaired) electrons. The number of nitrogens with one attached hydrogen (secondary N) is 2. The van der Waals surface area contributed by atoms with E-state index >= 15 is 0 Å². The second-order valence-corrected chi connectivity index (χ2v) is 13.1. The van der Waals surface area contributed by atoms with Gasteiger partial charge in [0.15, 0.2) is 0 Å². The molecule has 4 fully saturated rings. The number of carbonyl (C=O) groups excluding carboxylic acids is 2. The van der Waals surface area contributed by atoms with Crippen LogP contribution >= 0.6 is 0 Å². The molecular formula is C34H46N4O2. The SMILES string of the molecule is Cc1ccc([C@H]2C[C@H]3CCC([C@H]2C(=O)NCCNC(=O)[C@@H]2C4CC[C@@H](C[C@H]2c2ccc(C)cc2)N4C)N3C)cc1. The maximum Gasteiger partial charge on any atom is 0.225 e. The van der Waals surface area contributed by atoms with Crippen LogP contribution in [0.5, 0.6) is 0 Å². The maximum atomic E-state index is 13.7. The van der Waals surface area contributed by atoms with E-state index in [0.29, 0.717) is 25.2 Å². The van der Waals surface area contributed by atoms with Gasteiger partial charge in [-0.05, 0) is 89.4 Å². The molecule has 4 aliphatic rings. The summed E-state index contributed by atoms with van der Waals surface area (Å²) < 4.78 is 0. The molecule has 0 aliphatic carbocycles. The Balaban J connectivity index is 1.10. The van der Waals surface area contributed by atoms with E-state index in [2.05, 4.69) is 96.9 Å². The lowest BCUT2D eigenvalue weighted by Gasteiger charge is -2.42. The van der Waals surface area contributed by atoms with Gasteiger partial charge < -0.3 is 10.6 Å². The molecule has 4 aliphatic heterocycles. The van der Waals surface area contributed by atoms with Gasteiger partial charge in [-0.2, -0.15) is 0 Å². The van der Waals surface area contributed by atoms with E-state index in [9.17, 15) is 9.59 Å². The minimum Gasteiger partial charge on any atom is -0.354 e. The van der Waals surface area contributed by atoms with Crippen molar-refractivity contribution in [1.29, 1.82) is 0 Å². The van der Waals surface area contributed by atoms with E-state index in [1.54, 1.807) is 0 Å². The number of amides is 2. The number of aryl methyl sites for hydroxylation is 2. The number of benzene rings is 2. The lowest BCUT2D eigenvalue weighted by atomic mass is 9.75. The van der Waals surface area contributed by atoms with Crippen LogP contribution in [0.2, 0.25) is 0 Å². The summed E-state index contributed by atoms with van der Waals surface area (Å²) in [4.78, 5) is 32.2. The van der Waals surface area contributed by atoms with Crippen molar-refractivity contribution < 1.29 is 9.59 Å². The molecule has 2 amide bonds. The lowest BCUT2D eigenvalue weighted by Crippen LogP contribution is -2.53. The van der Waals surface area contributed by atoms with Crippen LogP contribution in [-0.4, -0.2) is 73.0 Å². The third-order valence-corrected chi connectivity index (χ3v) is 10.9. The number of hydrogen-bond donors (Lipinski definition) is 2. The van der Waals surface area contributed by atoms with Crippen molar-refractivity contribution in [3.63, 3.8) is 0 Å². The molecule has 0 saturated carbocycles. The molecule has 4 bridgehead atoms. The standard InChI is InChI=1S/C34H46N4O2/c1-21-5-9-23(10-6-21)27-19-25-13-15-29(37(25)3)31(27)33(39)35-17-18-36-34(40)32-28(24-11-7-22(2)8-12-24)20-26-14-16-30(32)38(26)4/h5-12,25-32H,13-20H2,1-4H3,(H,35,39)(H,36,40)/t25-,26+,27-,28+,29?,30?,31-,32-/m0/s1. The van der Waals surface area contributed by atoms with Gasteiger partial charge in [0.05, 0.1) is 11.8 Å². The molecule has 2 unspecified atom stereocenters. The van der Waals surface area contributed by atoms with E-state index in [1.807, 2.05) is 0 Å². The molecule has 4 heterocycles. The zero-order valence-corrected chi connectivity index (χ0v) is 24.6. The first-order valence-electron chi connectivity index (χ1n) is 15.4. The van der Waals surface area contributed by atoms with Crippen molar-refractivity contribution in [2.45, 2.75) is 88.4 Å². The molecule has 6 nitrogen and oxygen atoms in total. The van der Waals surface area contributed by atoms with Gasteiger partial charge >= 0.3 is 0 Å². The molecule has 8 atom stereocenters. The van der Waals surface area contributed by atoms with Gasteiger partial charge in [0.1, 0.15) is 0 Å². The van der Waals surface area contributed by atoms with E-state index in [4.69, 9.17) is 0 Å². The number of piperidine rings is 2. The average molecular weight is 543 g/mol. The van der Waals surface area contributed by atoms with Crippen LogP contribution in [0, 0.1) is 25.7 Å². The Labute approximate surface area is 239 Å². The number of carbonyl (C=O) groups is 2. The van der Waals surface area contributed by atoms with Gasteiger partial charge in [-0.25, -0.2) is 0 Å². The highest BCUT2D eigenvalue weighted by Crippen LogP contribution is 2.47. The highest BCUT2D eigenvalue weighted by atomic mass is 16.2.